The number of aliphatic hydroxyl groups excluding tert-OH is 2. The van der Waals surface area contributed by atoms with Gasteiger partial charge in [-0.15, -0.1) is 0 Å². The first kappa shape index (κ1) is 27.7. The molecule has 5 aliphatic rings. The molecule has 3 fully saturated rings. The van der Waals surface area contributed by atoms with Crippen LogP contribution >= 0.6 is 0 Å². The molecule has 0 amide bonds. The lowest BCUT2D eigenvalue weighted by Crippen LogP contribution is -2.65. The minimum Gasteiger partial charge on any atom is -0.523 e. The van der Waals surface area contributed by atoms with Gasteiger partial charge in [-0.3, -0.25) is 4.79 Å². The molecule has 0 spiro atoms. The third-order valence-corrected chi connectivity index (χ3v) is 13.1. The van der Waals surface area contributed by atoms with E-state index in [9.17, 15) is 15.0 Å². The number of rotatable bonds is 2. The van der Waals surface area contributed by atoms with Crippen LogP contribution < -0.4 is 0 Å². The summed E-state index contributed by atoms with van der Waals surface area (Å²) in [4.78, 5) is 23.1. The van der Waals surface area contributed by atoms with Crippen molar-refractivity contribution >= 4 is 5.78 Å². The van der Waals surface area contributed by atoms with Crippen molar-refractivity contribution in [1.29, 1.82) is 0 Å². The van der Waals surface area contributed by atoms with Crippen LogP contribution in [-0.2, 0) is 16.8 Å². The second kappa shape index (κ2) is 8.31. The van der Waals surface area contributed by atoms with Crippen molar-refractivity contribution in [2.45, 2.75) is 112 Å². The van der Waals surface area contributed by atoms with Gasteiger partial charge in [-0.1, -0.05) is 59.2 Å². The molecular formula is C33H45N3O4. The van der Waals surface area contributed by atoms with E-state index in [4.69, 9.17) is 11.1 Å². The maximum Gasteiger partial charge on any atom is 0.252 e. The van der Waals surface area contributed by atoms with Crippen molar-refractivity contribution in [2.75, 3.05) is 0 Å². The van der Waals surface area contributed by atoms with Crippen molar-refractivity contribution < 1.29 is 19.5 Å². The quantitative estimate of drug-likeness (QED) is 0.383. The summed E-state index contributed by atoms with van der Waals surface area (Å²) >= 11 is 0. The number of aromatic nitrogens is 2. The fourth-order valence-electron chi connectivity index (χ4n) is 10.8. The third kappa shape index (κ3) is 3.29. The van der Waals surface area contributed by atoms with Crippen LogP contribution in [0.2, 0.25) is 0 Å². The van der Waals surface area contributed by atoms with E-state index in [-0.39, 0.29) is 68.9 Å². The van der Waals surface area contributed by atoms with Gasteiger partial charge in [-0.25, -0.2) is 4.85 Å². The number of carbonyl (C=O) groups excluding carboxylic acids is 1. The van der Waals surface area contributed by atoms with Gasteiger partial charge in [0.05, 0.1) is 6.57 Å². The predicted octanol–water partition coefficient (Wildman–Crippen LogP) is 7.09. The predicted molar refractivity (Wildman–Crippen MR) is 151 cm³/mol. The SMILES string of the molecule is [C-]#[N+]C1=C(O)C(C)(C)[C@@H]2CC[C@]3(C)C(=CC(=O)[C@@H]4[C@@H]5CC(C)(C)CC[C@]5(c5noc(CO)n5)CC[C@]43C)[C@@]2(C)C1. The minimum absolute atomic E-state index is 0.0809. The Hall–Kier alpha value is -2.46. The highest BCUT2D eigenvalue weighted by Crippen LogP contribution is 2.75. The van der Waals surface area contributed by atoms with Crippen LogP contribution in [0.15, 0.2) is 27.6 Å². The molecule has 2 N–H and O–H groups in total. The highest BCUT2D eigenvalue weighted by atomic mass is 16.5. The van der Waals surface area contributed by atoms with Gasteiger partial charge < -0.3 is 14.7 Å². The van der Waals surface area contributed by atoms with Crippen LogP contribution in [0, 0.1) is 51.4 Å². The zero-order chi connectivity index (χ0) is 29.1. The Balaban J connectivity index is 1.51. The molecule has 1 aromatic heterocycles. The Kier molecular flexibility index (Phi) is 5.75. The number of aliphatic hydroxyl groups is 2. The van der Waals surface area contributed by atoms with Gasteiger partial charge >= 0.3 is 0 Å². The van der Waals surface area contributed by atoms with Crippen molar-refractivity contribution in [3.8, 4) is 0 Å². The molecule has 1 heterocycles. The molecule has 7 heteroatoms. The van der Waals surface area contributed by atoms with Gasteiger partial charge in [0, 0.05) is 16.7 Å². The average molecular weight is 548 g/mol. The molecule has 1 aromatic rings. The number of fused-ring (bicyclic) bond motifs is 7. The average Bonchev–Trinajstić information content (AvgIpc) is 3.37. The Bertz CT molecular complexity index is 1380. The van der Waals surface area contributed by atoms with Crippen LogP contribution in [0.4, 0.5) is 0 Å². The standard InChI is InChI=1S/C33H45N3O4/c1-28(2)11-13-33(27-35-24(18-37)40-36-27)14-12-32(7)25(19(33)16-28)21(38)15-23-30(5)17-20(34-8)26(39)29(3,4)22(30)9-10-31(23,32)6/h15,19,22,25,37,39H,9-14,16-18H2,1-7H3/t19-,22-,25-,30-,31+,32+,33-/m0/s1. The molecule has 0 radical (unpaired) electrons. The second-order valence-electron chi connectivity index (χ2n) is 15.8. The minimum atomic E-state index is -0.520. The fraction of sp³-hybridized carbons (Fsp3) is 0.758. The van der Waals surface area contributed by atoms with Gasteiger partial charge in [0.1, 0.15) is 12.4 Å². The van der Waals surface area contributed by atoms with Crippen molar-refractivity contribution in [3.05, 3.63) is 46.2 Å². The molecule has 7 nitrogen and oxygen atoms in total. The van der Waals surface area contributed by atoms with E-state index < -0.39 is 5.41 Å². The Morgan fingerprint density at radius 2 is 1.77 bits per heavy atom. The molecule has 0 bridgehead atoms. The first-order valence-electron chi connectivity index (χ1n) is 15.1. The number of hydrogen-bond donors (Lipinski definition) is 2. The van der Waals surface area contributed by atoms with E-state index in [1.807, 2.05) is 6.08 Å². The highest BCUT2D eigenvalue weighted by molar-refractivity contribution is 5.95. The number of nitrogens with zero attached hydrogens (tertiary/aromatic N) is 3. The van der Waals surface area contributed by atoms with Crippen LogP contribution in [0.5, 0.6) is 0 Å². The molecule has 5 aliphatic carbocycles. The van der Waals surface area contributed by atoms with Crippen LogP contribution in [-0.4, -0.2) is 26.1 Å². The van der Waals surface area contributed by atoms with E-state index >= 15 is 0 Å². The monoisotopic (exact) mass is 547 g/mol. The van der Waals surface area contributed by atoms with Gasteiger partial charge in [-0.05, 0) is 90.9 Å². The molecule has 0 saturated heterocycles. The first-order valence-corrected chi connectivity index (χ1v) is 15.1. The summed E-state index contributed by atoms with van der Waals surface area (Å²) in [6, 6.07) is 0. The van der Waals surface area contributed by atoms with Crippen LogP contribution in [0.3, 0.4) is 0 Å². The third-order valence-electron chi connectivity index (χ3n) is 13.1. The lowest BCUT2D eigenvalue weighted by Gasteiger charge is -2.69. The molecule has 0 aromatic carbocycles. The van der Waals surface area contributed by atoms with Crippen molar-refractivity contribution in [1.82, 2.24) is 10.1 Å². The lowest BCUT2D eigenvalue weighted by molar-refractivity contribution is -0.161. The lowest BCUT2D eigenvalue weighted by atomic mass is 9.34. The maximum absolute atomic E-state index is 14.6. The summed E-state index contributed by atoms with van der Waals surface area (Å²) in [5.74, 6) is 1.42. The summed E-state index contributed by atoms with van der Waals surface area (Å²) in [6.07, 6.45) is 9.04. The van der Waals surface area contributed by atoms with E-state index in [1.54, 1.807) is 0 Å². The smallest absolute Gasteiger partial charge is 0.252 e. The largest absolute Gasteiger partial charge is 0.523 e. The number of hydrogen-bond acceptors (Lipinski definition) is 6. The summed E-state index contributed by atoms with van der Waals surface area (Å²) in [6.45, 7) is 23.3. The molecule has 40 heavy (non-hydrogen) atoms. The fourth-order valence-corrected chi connectivity index (χ4v) is 10.8. The first-order chi connectivity index (χ1) is 18.6. The Labute approximate surface area is 238 Å². The van der Waals surface area contributed by atoms with E-state index in [1.165, 1.54) is 5.57 Å². The molecule has 0 unspecified atom stereocenters. The van der Waals surface area contributed by atoms with Gasteiger partial charge in [0.15, 0.2) is 11.6 Å². The van der Waals surface area contributed by atoms with Gasteiger partial charge in [0.2, 0.25) is 5.70 Å². The van der Waals surface area contributed by atoms with E-state index in [0.717, 1.165) is 44.9 Å². The summed E-state index contributed by atoms with van der Waals surface area (Å²) in [5, 5.41) is 25.1. The summed E-state index contributed by atoms with van der Waals surface area (Å²) < 4.78 is 5.42. The van der Waals surface area contributed by atoms with Gasteiger partial charge in [0.25, 0.3) is 5.89 Å². The van der Waals surface area contributed by atoms with Crippen molar-refractivity contribution in [3.63, 3.8) is 0 Å². The van der Waals surface area contributed by atoms with Crippen LogP contribution in [0.25, 0.3) is 4.85 Å². The molecule has 216 valence electrons. The zero-order valence-electron chi connectivity index (χ0n) is 25.2. The molecule has 7 atom stereocenters. The van der Waals surface area contributed by atoms with Crippen LogP contribution in [0.1, 0.15) is 112 Å². The molecule has 0 aliphatic heterocycles. The molecule has 3 saturated carbocycles. The zero-order valence-corrected chi connectivity index (χ0v) is 25.2. The Morgan fingerprint density at radius 3 is 2.42 bits per heavy atom. The number of ketones is 1. The Morgan fingerprint density at radius 1 is 1.07 bits per heavy atom. The second-order valence-corrected chi connectivity index (χ2v) is 15.8. The number of carbonyl (C=O) groups is 1. The van der Waals surface area contributed by atoms with Gasteiger partial charge in [-0.2, -0.15) is 4.98 Å². The van der Waals surface area contributed by atoms with Crippen molar-refractivity contribution in [2.24, 2.45) is 44.8 Å². The highest BCUT2D eigenvalue weighted by Gasteiger charge is 2.70. The molecule has 6 rings (SSSR count). The summed E-state index contributed by atoms with van der Waals surface area (Å²) in [7, 11) is 0. The molecular weight excluding hydrogens is 502 g/mol. The van der Waals surface area contributed by atoms with E-state index in [0.29, 0.717) is 17.9 Å². The number of allylic oxidation sites excluding steroid dienone is 4. The normalized spacial score (nSPS) is 43.5. The topological polar surface area (TPSA) is 101 Å². The maximum atomic E-state index is 14.6. The van der Waals surface area contributed by atoms with E-state index in [2.05, 4.69) is 63.5 Å². The summed E-state index contributed by atoms with van der Waals surface area (Å²) in [5.41, 5.74) is 0.0736.